The number of para-hydroxylation sites is 1. The third kappa shape index (κ3) is 5.60. The summed E-state index contributed by atoms with van der Waals surface area (Å²) in [6.45, 7) is 0. The zero-order valence-corrected chi connectivity index (χ0v) is 18.2. The van der Waals surface area contributed by atoms with Gasteiger partial charge in [0.25, 0.3) is 0 Å². The molecule has 1 aromatic heterocycles. The molecule has 3 aromatic rings. The maximum absolute atomic E-state index is 13.7. The summed E-state index contributed by atoms with van der Waals surface area (Å²) in [4.78, 5) is 23.0. The zero-order valence-electron chi connectivity index (χ0n) is 16.6. The number of nitrogens with one attached hydrogen (secondary N) is 2. The fourth-order valence-electron chi connectivity index (χ4n) is 2.79. The number of urea groups is 1. The Labute approximate surface area is 190 Å². The van der Waals surface area contributed by atoms with Crippen LogP contribution < -0.4 is 10.6 Å². The van der Waals surface area contributed by atoms with Crippen molar-refractivity contribution >= 4 is 35.3 Å². The van der Waals surface area contributed by atoms with E-state index in [0.29, 0.717) is 10.6 Å². The van der Waals surface area contributed by atoms with Crippen LogP contribution in [0.2, 0.25) is 5.02 Å². The van der Waals surface area contributed by atoms with E-state index in [4.69, 9.17) is 11.6 Å². The SMILES string of the molecule is CNC(=O)NC(=O)CCSc1nnc(-c2cccc(Cl)c2)n1-c1ccccc1C(F)(F)F. The summed E-state index contributed by atoms with van der Waals surface area (Å²) in [7, 11) is 1.37. The Bertz CT molecular complexity index is 1140. The molecule has 0 aliphatic heterocycles. The van der Waals surface area contributed by atoms with Gasteiger partial charge >= 0.3 is 12.2 Å². The van der Waals surface area contributed by atoms with Gasteiger partial charge in [-0.2, -0.15) is 13.2 Å². The molecule has 0 saturated carbocycles. The van der Waals surface area contributed by atoms with Crippen molar-refractivity contribution in [3.63, 3.8) is 0 Å². The van der Waals surface area contributed by atoms with Crippen molar-refractivity contribution < 1.29 is 22.8 Å². The van der Waals surface area contributed by atoms with E-state index < -0.39 is 23.7 Å². The molecule has 0 atom stereocenters. The fourth-order valence-corrected chi connectivity index (χ4v) is 3.86. The lowest BCUT2D eigenvalue weighted by molar-refractivity contribution is -0.137. The van der Waals surface area contributed by atoms with Crippen LogP contribution >= 0.6 is 23.4 Å². The van der Waals surface area contributed by atoms with E-state index in [1.165, 1.54) is 29.8 Å². The molecule has 12 heteroatoms. The Balaban J connectivity index is 1.99. The van der Waals surface area contributed by atoms with Gasteiger partial charge in [0.1, 0.15) is 0 Å². The number of rotatable bonds is 6. The monoisotopic (exact) mass is 483 g/mol. The summed E-state index contributed by atoms with van der Waals surface area (Å²) in [5, 5.41) is 13.1. The molecule has 0 bridgehead atoms. The summed E-state index contributed by atoms with van der Waals surface area (Å²) in [6.07, 6.45) is -4.67. The van der Waals surface area contributed by atoms with Gasteiger partial charge in [0.15, 0.2) is 11.0 Å². The number of hydrogen-bond acceptors (Lipinski definition) is 5. The lowest BCUT2D eigenvalue weighted by Gasteiger charge is -2.16. The Morgan fingerprint density at radius 1 is 1.12 bits per heavy atom. The van der Waals surface area contributed by atoms with Gasteiger partial charge in [0, 0.05) is 29.8 Å². The molecule has 0 unspecified atom stereocenters. The number of halogens is 4. The van der Waals surface area contributed by atoms with E-state index in [1.807, 2.05) is 0 Å². The van der Waals surface area contributed by atoms with E-state index in [1.54, 1.807) is 24.3 Å². The van der Waals surface area contributed by atoms with Gasteiger partial charge in [-0.3, -0.25) is 14.7 Å². The average Bonchev–Trinajstić information content (AvgIpc) is 3.16. The first-order valence-corrected chi connectivity index (χ1v) is 10.6. The highest BCUT2D eigenvalue weighted by Gasteiger charge is 2.35. The molecule has 0 radical (unpaired) electrons. The number of amides is 3. The number of hydrogen-bond donors (Lipinski definition) is 2. The number of alkyl halides is 3. The van der Waals surface area contributed by atoms with Gasteiger partial charge in [0.05, 0.1) is 11.3 Å². The van der Waals surface area contributed by atoms with Gasteiger partial charge in [-0.1, -0.05) is 47.6 Å². The molecule has 1 heterocycles. The van der Waals surface area contributed by atoms with Gasteiger partial charge < -0.3 is 5.32 Å². The van der Waals surface area contributed by atoms with Crippen molar-refractivity contribution in [2.45, 2.75) is 17.8 Å². The van der Waals surface area contributed by atoms with Crippen LogP contribution in [0.1, 0.15) is 12.0 Å². The van der Waals surface area contributed by atoms with Crippen LogP contribution in [0, 0.1) is 0 Å². The summed E-state index contributed by atoms with van der Waals surface area (Å²) in [5.74, 6) is -0.208. The molecular formula is C20H17ClF3N5O2S. The van der Waals surface area contributed by atoms with Crippen LogP contribution in [0.25, 0.3) is 17.1 Å². The fraction of sp³-hybridized carbons (Fsp3) is 0.200. The standard InChI is InChI=1S/C20H17ClF3N5O2S/c1-25-18(31)26-16(30)9-10-32-19-28-27-17(12-5-4-6-13(21)11-12)29(19)15-8-3-2-7-14(15)20(22,23)24/h2-8,11H,9-10H2,1H3,(H2,25,26,30,31). The number of thioether (sulfide) groups is 1. The summed E-state index contributed by atoms with van der Waals surface area (Å²) >= 11 is 7.10. The van der Waals surface area contributed by atoms with Crippen molar-refractivity contribution in [3.05, 3.63) is 59.1 Å². The molecule has 0 fully saturated rings. The Kier molecular flexibility index (Phi) is 7.41. The second-order valence-electron chi connectivity index (χ2n) is 6.39. The molecule has 7 nitrogen and oxygen atoms in total. The third-order valence-electron chi connectivity index (χ3n) is 4.21. The van der Waals surface area contributed by atoms with E-state index in [2.05, 4.69) is 20.8 Å². The van der Waals surface area contributed by atoms with Gasteiger partial charge in [0.2, 0.25) is 5.91 Å². The minimum absolute atomic E-state index is 0.0572. The van der Waals surface area contributed by atoms with E-state index in [9.17, 15) is 22.8 Å². The maximum atomic E-state index is 13.7. The average molecular weight is 484 g/mol. The highest BCUT2D eigenvalue weighted by atomic mass is 35.5. The quantitative estimate of drug-likeness (QED) is 0.502. The van der Waals surface area contributed by atoms with Crippen molar-refractivity contribution in [1.29, 1.82) is 0 Å². The molecule has 3 amide bonds. The lowest BCUT2D eigenvalue weighted by atomic mass is 10.1. The minimum Gasteiger partial charge on any atom is -0.341 e. The predicted octanol–water partition coefficient (Wildman–Crippen LogP) is 4.54. The van der Waals surface area contributed by atoms with Crippen LogP contribution in [0.4, 0.5) is 18.0 Å². The second kappa shape index (κ2) is 10.0. The molecule has 0 aliphatic carbocycles. The van der Waals surface area contributed by atoms with Crippen LogP contribution in [-0.2, 0) is 11.0 Å². The molecule has 2 N–H and O–H groups in total. The first-order chi connectivity index (χ1) is 15.2. The normalized spacial score (nSPS) is 11.3. The summed E-state index contributed by atoms with van der Waals surface area (Å²) in [5.41, 5.74) is -0.536. The molecule has 2 aromatic carbocycles. The molecular weight excluding hydrogens is 467 g/mol. The number of nitrogens with zero attached hydrogens (tertiary/aromatic N) is 3. The van der Waals surface area contributed by atoms with Gasteiger partial charge in [-0.25, -0.2) is 4.79 Å². The molecule has 0 spiro atoms. The molecule has 3 rings (SSSR count). The second-order valence-corrected chi connectivity index (χ2v) is 7.89. The van der Waals surface area contributed by atoms with Crippen molar-refractivity contribution in [2.75, 3.05) is 12.8 Å². The molecule has 0 aliphatic rings. The highest BCUT2D eigenvalue weighted by Crippen LogP contribution is 2.37. The van der Waals surface area contributed by atoms with Gasteiger partial charge in [-0.05, 0) is 24.3 Å². The number of benzene rings is 2. The van der Waals surface area contributed by atoms with E-state index in [-0.39, 0.29) is 28.8 Å². The Hall–Kier alpha value is -3.05. The van der Waals surface area contributed by atoms with Crippen LogP contribution in [-0.4, -0.2) is 39.5 Å². The molecule has 168 valence electrons. The zero-order chi connectivity index (χ0) is 23.3. The number of carbonyl (C=O) groups is 2. The number of aromatic nitrogens is 3. The Morgan fingerprint density at radius 3 is 2.56 bits per heavy atom. The van der Waals surface area contributed by atoms with Crippen molar-refractivity contribution in [3.8, 4) is 17.1 Å². The van der Waals surface area contributed by atoms with Crippen molar-refractivity contribution in [2.24, 2.45) is 0 Å². The van der Waals surface area contributed by atoms with E-state index in [0.717, 1.165) is 17.8 Å². The molecule has 32 heavy (non-hydrogen) atoms. The summed E-state index contributed by atoms with van der Waals surface area (Å²) in [6, 6.07) is 11.0. The minimum atomic E-state index is -4.61. The number of carbonyl (C=O) groups excluding carboxylic acids is 2. The predicted molar refractivity (Wildman–Crippen MR) is 115 cm³/mol. The first-order valence-electron chi connectivity index (χ1n) is 9.23. The lowest BCUT2D eigenvalue weighted by Crippen LogP contribution is -2.37. The summed E-state index contributed by atoms with van der Waals surface area (Å²) < 4.78 is 42.4. The first kappa shape index (κ1) is 23.6. The van der Waals surface area contributed by atoms with Crippen LogP contribution in [0.15, 0.2) is 53.7 Å². The topological polar surface area (TPSA) is 88.9 Å². The van der Waals surface area contributed by atoms with Crippen LogP contribution in [0.3, 0.4) is 0 Å². The van der Waals surface area contributed by atoms with Crippen molar-refractivity contribution in [1.82, 2.24) is 25.4 Å². The number of imide groups is 1. The third-order valence-corrected chi connectivity index (χ3v) is 5.37. The Morgan fingerprint density at radius 2 is 1.88 bits per heavy atom. The highest BCUT2D eigenvalue weighted by molar-refractivity contribution is 7.99. The largest absolute Gasteiger partial charge is 0.418 e. The van der Waals surface area contributed by atoms with Crippen LogP contribution in [0.5, 0.6) is 0 Å². The molecule has 0 saturated heterocycles. The maximum Gasteiger partial charge on any atom is 0.418 e. The van der Waals surface area contributed by atoms with Gasteiger partial charge in [-0.15, -0.1) is 10.2 Å². The smallest absolute Gasteiger partial charge is 0.341 e. The van der Waals surface area contributed by atoms with E-state index >= 15 is 0 Å².